The summed E-state index contributed by atoms with van der Waals surface area (Å²) in [5, 5.41) is 0.598. The second-order valence-electron chi connectivity index (χ2n) is 4.68. The predicted molar refractivity (Wildman–Crippen MR) is 89.3 cm³/mol. The summed E-state index contributed by atoms with van der Waals surface area (Å²) in [7, 11) is 0. The van der Waals surface area contributed by atoms with E-state index in [-0.39, 0.29) is 29.3 Å². The fourth-order valence-electron chi connectivity index (χ4n) is 2.16. The van der Waals surface area contributed by atoms with Crippen LogP contribution in [0.4, 0.5) is 10.8 Å². The second-order valence-corrected chi connectivity index (χ2v) is 6.66. The van der Waals surface area contributed by atoms with Crippen molar-refractivity contribution in [3.63, 3.8) is 0 Å². The van der Waals surface area contributed by atoms with Crippen LogP contribution in [0.15, 0.2) is 46.9 Å². The van der Waals surface area contributed by atoms with E-state index in [0.717, 1.165) is 14.7 Å². The maximum absolute atomic E-state index is 12.4. The van der Waals surface area contributed by atoms with Crippen LogP contribution in [-0.4, -0.2) is 5.78 Å². The highest BCUT2D eigenvalue weighted by molar-refractivity contribution is 9.10. The quantitative estimate of drug-likeness (QED) is 0.340. The largest absolute Gasteiger partial charge is 1.00 e. The number of ketones is 1. The molecule has 0 amide bonds. The summed E-state index contributed by atoms with van der Waals surface area (Å²) in [4.78, 5) is 12.4. The molecule has 3 rings (SSSR count). The van der Waals surface area contributed by atoms with Gasteiger partial charge in [-0.3, -0.25) is 10.5 Å². The normalized spacial score (nSPS) is 10.4. The molecule has 3 aromatic rings. The van der Waals surface area contributed by atoms with Gasteiger partial charge in [-0.15, -0.1) is 0 Å². The molecule has 114 valence electrons. The molecule has 2 aromatic carbocycles. The predicted octanol–water partition coefficient (Wildman–Crippen LogP) is 0.00260. The lowest BCUT2D eigenvalue weighted by Crippen LogP contribution is -3.00. The number of hydrogen-bond donors (Lipinski definition) is 2. The van der Waals surface area contributed by atoms with Gasteiger partial charge in [0.2, 0.25) is 5.78 Å². The number of aromatic nitrogens is 1. The van der Waals surface area contributed by atoms with Crippen LogP contribution in [-0.2, 0) is 6.54 Å². The van der Waals surface area contributed by atoms with Crippen molar-refractivity contribution in [1.82, 2.24) is 0 Å². The average Bonchev–Trinajstić information content (AvgIpc) is 2.75. The Labute approximate surface area is 150 Å². The molecule has 1 aromatic heterocycles. The molecule has 0 bridgehead atoms. The Bertz CT molecular complexity index is 831. The number of nitrogens with two attached hydrogens (primary N) is 2. The highest BCUT2D eigenvalue weighted by Gasteiger charge is 2.19. The van der Waals surface area contributed by atoms with Crippen LogP contribution in [0, 0.1) is 0 Å². The molecule has 0 aliphatic heterocycles. The number of nitrogen functional groups attached to an aromatic ring is 2. The van der Waals surface area contributed by atoms with Crippen molar-refractivity contribution in [3.05, 3.63) is 52.5 Å². The van der Waals surface area contributed by atoms with Crippen LogP contribution in [0.1, 0.15) is 10.4 Å². The molecule has 1 heterocycles. The van der Waals surface area contributed by atoms with E-state index in [1.165, 1.54) is 11.3 Å². The van der Waals surface area contributed by atoms with Gasteiger partial charge in [0, 0.05) is 15.7 Å². The number of anilines is 2. The van der Waals surface area contributed by atoms with Crippen molar-refractivity contribution >= 4 is 54.1 Å². The van der Waals surface area contributed by atoms with Gasteiger partial charge in [-0.25, -0.2) is 4.57 Å². The standard InChI is InChI=1S/C15H12BrN3OS.BrH/c16-10-3-1-9(2-4-10)13(20)8-19-12-6-5-11(17)7-14(12)21-15(19)18;/h1-7,18H,8,17H2;1H. The number of benzene rings is 2. The summed E-state index contributed by atoms with van der Waals surface area (Å²) in [5.41, 5.74) is 14.1. The smallest absolute Gasteiger partial charge is 0.333 e. The van der Waals surface area contributed by atoms with E-state index in [0.29, 0.717) is 16.4 Å². The van der Waals surface area contributed by atoms with E-state index in [2.05, 4.69) is 15.9 Å². The van der Waals surface area contributed by atoms with Crippen molar-refractivity contribution in [3.8, 4) is 0 Å². The minimum absolute atomic E-state index is 0. The van der Waals surface area contributed by atoms with E-state index in [4.69, 9.17) is 11.5 Å². The van der Waals surface area contributed by atoms with Crippen LogP contribution < -0.4 is 33.0 Å². The van der Waals surface area contributed by atoms with Gasteiger partial charge in [-0.1, -0.05) is 28.1 Å². The SMILES string of the molecule is Nc1ccc2c(c1)sc(N)[n+]2CC(=O)c1ccc(Br)cc1.[Br-]. The summed E-state index contributed by atoms with van der Waals surface area (Å²) in [5.74, 6) is 0.0238. The molecular weight excluding hydrogens is 430 g/mol. The molecule has 0 unspecified atom stereocenters. The van der Waals surface area contributed by atoms with Gasteiger partial charge in [0.25, 0.3) is 0 Å². The van der Waals surface area contributed by atoms with Crippen molar-refractivity contribution in [2.45, 2.75) is 6.54 Å². The van der Waals surface area contributed by atoms with Crippen molar-refractivity contribution < 1.29 is 26.3 Å². The molecular formula is C15H13Br2N3OS. The number of hydrogen-bond acceptors (Lipinski definition) is 4. The zero-order valence-corrected chi connectivity index (χ0v) is 15.4. The third-order valence-corrected chi connectivity index (χ3v) is 4.73. The van der Waals surface area contributed by atoms with Crippen molar-refractivity contribution in [2.75, 3.05) is 11.5 Å². The van der Waals surface area contributed by atoms with Gasteiger partial charge in [-0.05, 0) is 41.7 Å². The Morgan fingerprint density at radius 1 is 1.14 bits per heavy atom. The van der Waals surface area contributed by atoms with Gasteiger partial charge in [0.1, 0.15) is 5.52 Å². The summed E-state index contributed by atoms with van der Waals surface area (Å²) in [6, 6.07) is 12.9. The number of carbonyl (C=O) groups excluding carboxylic acids is 1. The Kier molecular flexibility index (Phi) is 5.20. The Morgan fingerprint density at radius 2 is 1.82 bits per heavy atom. The van der Waals surface area contributed by atoms with E-state index in [1.807, 2.05) is 34.9 Å². The molecule has 0 radical (unpaired) electrons. The molecule has 7 heteroatoms. The lowest BCUT2D eigenvalue weighted by Gasteiger charge is -2.01. The first-order valence-corrected chi connectivity index (χ1v) is 7.91. The Hall–Kier alpha value is -1.44. The molecule has 4 nitrogen and oxygen atoms in total. The summed E-state index contributed by atoms with van der Waals surface area (Å²) >= 11 is 4.79. The summed E-state index contributed by atoms with van der Waals surface area (Å²) in [6.07, 6.45) is 0. The van der Waals surface area contributed by atoms with Gasteiger partial charge in [0.05, 0.1) is 4.70 Å². The van der Waals surface area contributed by atoms with Crippen LogP contribution in [0.3, 0.4) is 0 Å². The maximum Gasteiger partial charge on any atom is 0.333 e. The second kappa shape index (κ2) is 6.76. The van der Waals surface area contributed by atoms with E-state index >= 15 is 0 Å². The lowest BCUT2D eigenvalue weighted by atomic mass is 10.1. The van der Waals surface area contributed by atoms with Gasteiger partial charge in [0.15, 0.2) is 6.54 Å². The zero-order chi connectivity index (χ0) is 15.0. The first-order chi connectivity index (χ1) is 10.0. The van der Waals surface area contributed by atoms with E-state index in [9.17, 15) is 4.79 Å². The highest BCUT2D eigenvalue weighted by atomic mass is 79.9. The number of nitrogens with zero attached hydrogens (tertiary/aromatic N) is 1. The number of Topliss-reactive ketones (excluding diaryl/α,β-unsaturated/α-hetero) is 1. The number of thiazole rings is 1. The molecule has 0 spiro atoms. The maximum atomic E-state index is 12.4. The van der Waals surface area contributed by atoms with Crippen molar-refractivity contribution in [2.24, 2.45) is 0 Å². The van der Waals surface area contributed by atoms with Gasteiger partial charge in [-0.2, -0.15) is 0 Å². The highest BCUT2D eigenvalue weighted by Crippen LogP contribution is 2.24. The van der Waals surface area contributed by atoms with Crippen molar-refractivity contribution in [1.29, 1.82) is 0 Å². The first kappa shape index (κ1) is 16.9. The molecule has 0 saturated heterocycles. The molecule has 0 atom stereocenters. The zero-order valence-electron chi connectivity index (χ0n) is 11.4. The molecule has 4 N–H and O–H groups in total. The van der Waals surface area contributed by atoms with Crippen LogP contribution in [0.25, 0.3) is 10.2 Å². The number of halogens is 2. The molecule has 0 fully saturated rings. The summed E-state index contributed by atoms with van der Waals surface area (Å²) < 4.78 is 3.75. The van der Waals surface area contributed by atoms with Gasteiger partial charge < -0.3 is 22.7 Å². The Morgan fingerprint density at radius 3 is 2.50 bits per heavy atom. The minimum Gasteiger partial charge on any atom is -1.00 e. The number of fused-ring (bicyclic) bond motifs is 1. The third-order valence-electron chi connectivity index (χ3n) is 3.22. The summed E-state index contributed by atoms with van der Waals surface area (Å²) in [6.45, 7) is 0.220. The number of carbonyl (C=O) groups is 1. The average molecular weight is 443 g/mol. The fourth-order valence-corrected chi connectivity index (χ4v) is 3.40. The third kappa shape index (κ3) is 3.31. The Balaban J connectivity index is 0.00000176. The molecule has 0 aliphatic carbocycles. The van der Waals surface area contributed by atoms with E-state index < -0.39 is 0 Å². The topological polar surface area (TPSA) is 73.0 Å². The number of rotatable bonds is 3. The van der Waals surface area contributed by atoms with Crippen LogP contribution in [0.5, 0.6) is 0 Å². The molecule has 22 heavy (non-hydrogen) atoms. The van der Waals surface area contributed by atoms with E-state index in [1.54, 1.807) is 12.1 Å². The van der Waals surface area contributed by atoms with Crippen LogP contribution >= 0.6 is 27.3 Å². The minimum atomic E-state index is 0. The molecule has 0 aliphatic rings. The molecule has 0 saturated carbocycles. The first-order valence-electron chi connectivity index (χ1n) is 6.31. The fraction of sp³-hybridized carbons (Fsp3) is 0.0667. The lowest BCUT2D eigenvalue weighted by molar-refractivity contribution is -0.638. The van der Waals surface area contributed by atoms with Gasteiger partial charge >= 0.3 is 5.13 Å². The van der Waals surface area contributed by atoms with Crippen LogP contribution in [0.2, 0.25) is 0 Å². The monoisotopic (exact) mass is 441 g/mol.